The van der Waals surface area contributed by atoms with Gasteiger partial charge in [0.15, 0.2) is 5.65 Å². The molecule has 4 rings (SSSR count). The summed E-state index contributed by atoms with van der Waals surface area (Å²) in [6.45, 7) is 0.296. The number of aromatic nitrogens is 3. The monoisotopic (exact) mass is 372 g/mol. The Morgan fingerprint density at radius 1 is 1.33 bits per heavy atom. The third-order valence-corrected chi connectivity index (χ3v) is 4.60. The Kier molecular flexibility index (Phi) is 4.47. The molecular formula is C19H18F2N4O2. The molecule has 1 aliphatic carbocycles. The average Bonchev–Trinajstić information content (AvgIpc) is 3.45. The summed E-state index contributed by atoms with van der Waals surface area (Å²) in [5, 5.41) is 6.74. The van der Waals surface area contributed by atoms with Crippen molar-refractivity contribution < 1.29 is 18.3 Å². The Morgan fingerprint density at radius 3 is 2.70 bits per heavy atom. The van der Waals surface area contributed by atoms with Crippen LogP contribution in [0.25, 0.3) is 5.65 Å². The summed E-state index contributed by atoms with van der Waals surface area (Å²) in [4.78, 5) is 17.0. The lowest BCUT2D eigenvalue weighted by Crippen LogP contribution is -2.23. The zero-order valence-corrected chi connectivity index (χ0v) is 14.7. The van der Waals surface area contributed by atoms with Crippen molar-refractivity contribution in [2.75, 3.05) is 7.11 Å². The molecule has 1 saturated carbocycles. The number of carbonyl (C=O) groups excluding carboxylic acids is 1. The van der Waals surface area contributed by atoms with Gasteiger partial charge in [0.1, 0.15) is 17.0 Å². The molecule has 0 saturated heterocycles. The van der Waals surface area contributed by atoms with Gasteiger partial charge in [-0.2, -0.15) is 5.10 Å². The van der Waals surface area contributed by atoms with Crippen LogP contribution in [0.1, 0.15) is 52.5 Å². The lowest BCUT2D eigenvalue weighted by molar-refractivity contribution is 0.0952. The first kappa shape index (κ1) is 17.4. The van der Waals surface area contributed by atoms with E-state index in [1.807, 2.05) is 12.1 Å². The van der Waals surface area contributed by atoms with E-state index in [1.165, 1.54) is 12.3 Å². The van der Waals surface area contributed by atoms with E-state index in [0.29, 0.717) is 12.2 Å². The van der Waals surface area contributed by atoms with E-state index in [0.717, 1.165) is 28.7 Å². The fraction of sp³-hybridized carbons (Fsp3) is 0.316. The summed E-state index contributed by atoms with van der Waals surface area (Å²) in [6, 6.07) is 8.67. The summed E-state index contributed by atoms with van der Waals surface area (Å²) >= 11 is 0. The Morgan fingerprint density at radius 2 is 2.07 bits per heavy atom. The first-order chi connectivity index (χ1) is 13.1. The third-order valence-electron chi connectivity index (χ3n) is 4.60. The summed E-state index contributed by atoms with van der Waals surface area (Å²) in [5.74, 6) is 0.517. The maximum Gasteiger partial charge on any atom is 0.280 e. The van der Waals surface area contributed by atoms with Crippen LogP contribution in [0.4, 0.5) is 8.78 Å². The van der Waals surface area contributed by atoms with E-state index in [4.69, 9.17) is 4.74 Å². The second-order valence-corrected chi connectivity index (χ2v) is 6.51. The van der Waals surface area contributed by atoms with Crippen molar-refractivity contribution in [1.29, 1.82) is 0 Å². The highest BCUT2D eigenvalue weighted by Crippen LogP contribution is 2.40. The Bertz CT molecular complexity index is 981. The SMILES string of the molecule is COc1ccc(CNC(=O)c2cnn3c(C(F)F)cc(C4CC4)nc23)cc1. The molecule has 1 aliphatic rings. The van der Waals surface area contributed by atoms with Crippen molar-refractivity contribution in [3.05, 3.63) is 59.0 Å². The number of fused-ring (bicyclic) bond motifs is 1. The second-order valence-electron chi connectivity index (χ2n) is 6.51. The first-order valence-electron chi connectivity index (χ1n) is 8.64. The number of methoxy groups -OCH3 is 1. The fourth-order valence-corrected chi connectivity index (χ4v) is 2.93. The Hall–Kier alpha value is -3.03. The molecule has 1 amide bonds. The van der Waals surface area contributed by atoms with Gasteiger partial charge in [-0.05, 0) is 36.6 Å². The van der Waals surface area contributed by atoms with Gasteiger partial charge in [-0.25, -0.2) is 18.3 Å². The maximum atomic E-state index is 13.4. The van der Waals surface area contributed by atoms with Crippen LogP contribution in [0.3, 0.4) is 0 Å². The Balaban J connectivity index is 1.59. The van der Waals surface area contributed by atoms with Crippen LogP contribution < -0.4 is 10.1 Å². The number of amides is 1. The Labute approximate surface area is 154 Å². The summed E-state index contributed by atoms with van der Waals surface area (Å²) in [7, 11) is 1.58. The van der Waals surface area contributed by atoms with Gasteiger partial charge in [-0.15, -0.1) is 0 Å². The van der Waals surface area contributed by atoms with Crippen LogP contribution in [-0.4, -0.2) is 27.6 Å². The molecule has 0 atom stereocenters. The molecule has 1 fully saturated rings. The third kappa shape index (κ3) is 3.47. The first-order valence-corrected chi connectivity index (χ1v) is 8.64. The van der Waals surface area contributed by atoms with E-state index >= 15 is 0 Å². The highest BCUT2D eigenvalue weighted by atomic mass is 19.3. The second kappa shape index (κ2) is 6.94. The minimum Gasteiger partial charge on any atom is -0.497 e. The number of alkyl halides is 2. The molecule has 0 spiro atoms. The van der Waals surface area contributed by atoms with Crippen LogP contribution >= 0.6 is 0 Å². The topological polar surface area (TPSA) is 68.5 Å². The predicted octanol–water partition coefficient (Wildman–Crippen LogP) is 3.48. The van der Waals surface area contributed by atoms with Gasteiger partial charge < -0.3 is 10.1 Å². The average molecular weight is 372 g/mol. The van der Waals surface area contributed by atoms with Crippen molar-refractivity contribution in [1.82, 2.24) is 19.9 Å². The molecule has 2 aromatic heterocycles. The van der Waals surface area contributed by atoms with Crippen molar-refractivity contribution in [2.24, 2.45) is 0 Å². The van der Waals surface area contributed by atoms with E-state index in [9.17, 15) is 13.6 Å². The summed E-state index contributed by atoms with van der Waals surface area (Å²) in [5.41, 5.74) is 1.61. The molecule has 140 valence electrons. The van der Waals surface area contributed by atoms with Gasteiger partial charge in [0, 0.05) is 18.2 Å². The number of halogens is 2. The molecule has 0 unspecified atom stereocenters. The van der Waals surface area contributed by atoms with Gasteiger partial charge in [-0.3, -0.25) is 4.79 Å². The van der Waals surface area contributed by atoms with Crippen molar-refractivity contribution in [3.8, 4) is 5.75 Å². The minimum absolute atomic E-state index is 0.168. The predicted molar refractivity (Wildman–Crippen MR) is 94.1 cm³/mol. The molecule has 1 N–H and O–H groups in total. The number of ether oxygens (including phenoxy) is 1. The molecular weight excluding hydrogens is 354 g/mol. The van der Waals surface area contributed by atoms with E-state index in [-0.39, 0.29) is 22.8 Å². The van der Waals surface area contributed by atoms with Crippen LogP contribution in [0, 0.1) is 0 Å². The van der Waals surface area contributed by atoms with Crippen molar-refractivity contribution in [3.63, 3.8) is 0 Å². The normalized spacial score (nSPS) is 13.9. The largest absolute Gasteiger partial charge is 0.497 e. The molecule has 1 aromatic carbocycles. The van der Waals surface area contributed by atoms with Crippen LogP contribution in [0.2, 0.25) is 0 Å². The lowest BCUT2D eigenvalue weighted by Gasteiger charge is -2.08. The van der Waals surface area contributed by atoms with Gasteiger partial charge in [0.25, 0.3) is 12.3 Å². The van der Waals surface area contributed by atoms with Gasteiger partial charge in [-0.1, -0.05) is 12.1 Å². The van der Waals surface area contributed by atoms with Gasteiger partial charge >= 0.3 is 0 Å². The minimum atomic E-state index is -2.69. The van der Waals surface area contributed by atoms with Crippen LogP contribution in [0.5, 0.6) is 5.75 Å². The number of rotatable bonds is 6. The summed E-state index contributed by atoms with van der Waals surface area (Å²) < 4.78 is 33.0. The maximum absolute atomic E-state index is 13.4. The van der Waals surface area contributed by atoms with E-state index in [2.05, 4.69) is 15.4 Å². The quantitative estimate of drug-likeness (QED) is 0.719. The number of benzene rings is 1. The number of carbonyl (C=O) groups is 1. The number of nitrogens with zero attached hydrogens (tertiary/aromatic N) is 3. The molecule has 0 bridgehead atoms. The van der Waals surface area contributed by atoms with Gasteiger partial charge in [0.2, 0.25) is 0 Å². The highest BCUT2D eigenvalue weighted by Gasteiger charge is 2.29. The molecule has 0 aliphatic heterocycles. The van der Waals surface area contributed by atoms with Crippen molar-refractivity contribution in [2.45, 2.75) is 31.7 Å². The smallest absolute Gasteiger partial charge is 0.280 e. The molecule has 3 aromatic rings. The molecule has 2 heterocycles. The standard InChI is InChI=1S/C19H18F2N4O2/c1-27-13-6-2-11(3-7-13)9-22-19(26)14-10-23-25-16(17(20)21)8-15(12-4-5-12)24-18(14)25/h2-3,6-8,10,12,17H,4-5,9H2,1H3,(H,22,26). The molecule has 8 heteroatoms. The number of hydrogen-bond donors (Lipinski definition) is 1. The van der Waals surface area contributed by atoms with E-state index in [1.54, 1.807) is 19.2 Å². The molecule has 0 radical (unpaired) electrons. The molecule has 27 heavy (non-hydrogen) atoms. The number of hydrogen-bond acceptors (Lipinski definition) is 4. The zero-order chi connectivity index (χ0) is 19.0. The van der Waals surface area contributed by atoms with Crippen molar-refractivity contribution >= 4 is 11.6 Å². The van der Waals surface area contributed by atoms with E-state index < -0.39 is 12.3 Å². The highest BCUT2D eigenvalue weighted by molar-refractivity contribution is 5.99. The summed E-state index contributed by atoms with van der Waals surface area (Å²) in [6.07, 6.45) is 0.453. The zero-order valence-electron chi connectivity index (χ0n) is 14.7. The van der Waals surface area contributed by atoms with Crippen LogP contribution in [0.15, 0.2) is 36.5 Å². The van der Waals surface area contributed by atoms with Crippen LogP contribution in [-0.2, 0) is 6.54 Å². The lowest BCUT2D eigenvalue weighted by atomic mass is 10.2. The molecule has 6 nitrogen and oxygen atoms in total. The number of nitrogens with one attached hydrogen (secondary N) is 1. The fourth-order valence-electron chi connectivity index (χ4n) is 2.93. The van der Waals surface area contributed by atoms with Gasteiger partial charge in [0.05, 0.1) is 13.3 Å².